The maximum Gasteiger partial charge on any atom is 0.337 e. The fourth-order valence-corrected chi connectivity index (χ4v) is 3.53. The number of nitrogens with one attached hydrogen (secondary N) is 1. The number of amides is 1. The molecule has 28 heavy (non-hydrogen) atoms. The van der Waals surface area contributed by atoms with Gasteiger partial charge in [-0.1, -0.05) is 23.7 Å². The minimum atomic E-state index is -0.490. The highest BCUT2D eigenvalue weighted by Gasteiger charge is 2.26. The van der Waals surface area contributed by atoms with Crippen LogP contribution in [0.4, 0.5) is 10.1 Å². The van der Waals surface area contributed by atoms with E-state index in [4.69, 9.17) is 16.3 Å². The Bertz CT molecular complexity index is 857. The molecule has 148 valence electrons. The molecule has 0 aromatic heterocycles. The molecule has 0 aliphatic carbocycles. The second kappa shape index (κ2) is 9.17. The number of carbonyl (C=O) groups is 2. The van der Waals surface area contributed by atoms with Crippen LogP contribution in [-0.2, 0) is 16.1 Å². The third kappa shape index (κ3) is 5.09. The molecule has 1 saturated heterocycles. The number of nitrogens with zero attached hydrogens (tertiary/aromatic N) is 1. The molecule has 1 N–H and O–H groups in total. The van der Waals surface area contributed by atoms with Crippen LogP contribution in [0.25, 0.3) is 0 Å². The van der Waals surface area contributed by atoms with Crippen molar-refractivity contribution in [3.63, 3.8) is 0 Å². The largest absolute Gasteiger partial charge is 0.465 e. The van der Waals surface area contributed by atoms with E-state index < -0.39 is 5.97 Å². The number of esters is 1. The molecule has 5 nitrogen and oxygen atoms in total. The first kappa shape index (κ1) is 20.3. The molecule has 1 atom stereocenters. The highest BCUT2D eigenvalue weighted by atomic mass is 35.5. The summed E-state index contributed by atoms with van der Waals surface area (Å²) in [5.41, 5.74) is 1.73. The van der Waals surface area contributed by atoms with Crippen LogP contribution in [0.2, 0.25) is 5.02 Å². The predicted molar refractivity (Wildman–Crippen MR) is 106 cm³/mol. The Morgan fingerprint density at radius 1 is 1.25 bits per heavy atom. The number of ether oxygens (including phenoxy) is 1. The lowest BCUT2D eigenvalue weighted by Gasteiger charge is -2.32. The summed E-state index contributed by atoms with van der Waals surface area (Å²) >= 11 is 6.17. The van der Waals surface area contributed by atoms with Crippen molar-refractivity contribution >= 4 is 29.2 Å². The fourth-order valence-electron chi connectivity index (χ4n) is 3.36. The Kier molecular flexibility index (Phi) is 6.65. The maximum atomic E-state index is 13.1. The Labute approximate surface area is 168 Å². The van der Waals surface area contributed by atoms with E-state index in [2.05, 4.69) is 10.2 Å². The summed E-state index contributed by atoms with van der Waals surface area (Å²) in [5, 5.41) is 3.20. The predicted octanol–water partition coefficient (Wildman–Crippen LogP) is 4.12. The van der Waals surface area contributed by atoms with Crippen molar-refractivity contribution < 1.29 is 18.7 Å². The topological polar surface area (TPSA) is 58.6 Å². The first-order valence-corrected chi connectivity index (χ1v) is 9.49. The molecule has 3 rings (SSSR count). The summed E-state index contributed by atoms with van der Waals surface area (Å²) in [5.74, 6) is -1.07. The lowest BCUT2D eigenvalue weighted by molar-refractivity contribution is -0.121. The van der Waals surface area contributed by atoms with Crippen LogP contribution in [0.5, 0.6) is 0 Å². The zero-order chi connectivity index (χ0) is 20.1. The number of methoxy groups -OCH3 is 1. The van der Waals surface area contributed by atoms with Crippen LogP contribution in [0, 0.1) is 11.7 Å². The van der Waals surface area contributed by atoms with Crippen molar-refractivity contribution in [3.05, 3.63) is 64.4 Å². The van der Waals surface area contributed by atoms with Gasteiger partial charge >= 0.3 is 5.97 Å². The van der Waals surface area contributed by atoms with Crippen molar-refractivity contribution in [3.8, 4) is 0 Å². The molecule has 1 aliphatic heterocycles. The van der Waals surface area contributed by atoms with Crippen molar-refractivity contribution in [2.45, 2.75) is 19.4 Å². The van der Waals surface area contributed by atoms with E-state index in [0.717, 1.165) is 24.9 Å². The zero-order valence-electron chi connectivity index (χ0n) is 15.6. The van der Waals surface area contributed by atoms with Gasteiger partial charge in [0.05, 0.1) is 29.3 Å². The summed E-state index contributed by atoms with van der Waals surface area (Å²) in [6.07, 6.45) is 1.68. The lowest BCUT2D eigenvalue weighted by atomic mass is 9.96. The summed E-state index contributed by atoms with van der Waals surface area (Å²) in [6.45, 7) is 2.17. The quantitative estimate of drug-likeness (QED) is 0.762. The Morgan fingerprint density at radius 2 is 2.00 bits per heavy atom. The Hall–Kier alpha value is -2.44. The van der Waals surface area contributed by atoms with Crippen molar-refractivity contribution in [1.29, 1.82) is 0 Å². The molecule has 0 bridgehead atoms. The number of hydrogen-bond donors (Lipinski definition) is 1. The molecule has 0 radical (unpaired) electrons. The summed E-state index contributed by atoms with van der Waals surface area (Å²) in [6, 6.07) is 11.0. The van der Waals surface area contributed by atoms with Gasteiger partial charge in [0.1, 0.15) is 5.82 Å². The van der Waals surface area contributed by atoms with Gasteiger partial charge in [-0.25, -0.2) is 9.18 Å². The molecule has 1 heterocycles. The second-order valence-corrected chi connectivity index (χ2v) is 7.28. The third-order valence-corrected chi connectivity index (χ3v) is 5.17. The second-order valence-electron chi connectivity index (χ2n) is 6.88. The van der Waals surface area contributed by atoms with Gasteiger partial charge in [0.15, 0.2) is 0 Å². The van der Waals surface area contributed by atoms with Gasteiger partial charge in [-0.3, -0.25) is 9.69 Å². The zero-order valence-corrected chi connectivity index (χ0v) is 16.3. The molecular weight excluding hydrogens is 383 g/mol. The van der Waals surface area contributed by atoms with Crippen LogP contribution < -0.4 is 5.32 Å². The molecule has 1 unspecified atom stereocenters. The molecule has 1 aliphatic rings. The molecule has 7 heteroatoms. The number of anilines is 1. The van der Waals surface area contributed by atoms with Gasteiger partial charge in [-0.15, -0.1) is 0 Å². The monoisotopic (exact) mass is 404 g/mol. The van der Waals surface area contributed by atoms with Gasteiger partial charge < -0.3 is 10.1 Å². The standard InChI is InChI=1S/C21H22ClFN2O3/c1-28-21(27)15-6-9-18(22)19(11-15)24-20(26)16-3-2-10-25(13-16)12-14-4-7-17(23)8-5-14/h4-9,11,16H,2-3,10,12-13H2,1H3,(H,24,26). The number of carbonyl (C=O) groups excluding carboxylic acids is 2. The van der Waals surface area contributed by atoms with Crippen LogP contribution in [-0.4, -0.2) is 37.0 Å². The lowest BCUT2D eigenvalue weighted by Crippen LogP contribution is -2.40. The van der Waals surface area contributed by atoms with E-state index in [9.17, 15) is 14.0 Å². The Morgan fingerprint density at radius 3 is 2.71 bits per heavy atom. The van der Waals surface area contributed by atoms with Gasteiger partial charge in [0, 0.05) is 13.1 Å². The summed E-state index contributed by atoms with van der Waals surface area (Å²) < 4.78 is 17.8. The van der Waals surface area contributed by atoms with Crippen molar-refractivity contribution in [2.24, 2.45) is 5.92 Å². The van der Waals surface area contributed by atoms with Crippen molar-refractivity contribution in [1.82, 2.24) is 4.90 Å². The van der Waals surface area contributed by atoms with E-state index in [1.807, 2.05) is 0 Å². The molecule has 2 aromatic carbocycles. The van der Waals surface area contributed by atoms with Gasteiger partial charge in [-0.2, -0.15) is 0 Å². The van der Waals surface area contributed by atoms with E-state index in [1.54, 1.807) is 24.3 Å². The van der Waals surface area contributed by atoms with Crippen LogP contribution in [0.3, 0.4) is 0 Å². The first-order chi connectivity index (χ1) is 13.5. The number of benzene rings is 2. The van der Waals surface area contributed by atoms with Crippen molar-refractivity contribution in [2.75, 3.05) is 25.5 Å². The van der Waals surface area contributed by atoms with Crippen LogP contribution >= 0.6 is 11.6 Å². The van der Waals surface area contributed by atoms with Gasteiger partial charge in [-0.05, 0) is 55.3 Å². The average molecular weight is 405 g/mol. The number of likely N-dealkylation sites (tertiary alicyclic amines) is 1. The molecule has 0 saturated carbocycles. The maximum absolute atomic E-state index is 13.1. The van der Waals surface area contributed by atoms with Crippen LogP contribution in [0.1, 0.15) is 28.8 Å². The van der Waals surface area contributed by atoms with E-state index in [1.165, 1.54) is 25.3 Å². The van der Waals surface area contributed by atoms with Gasteiger partial charge in [0.2, 0.25) is 5.91 Å². The average Bonchev–Trinajstić information content (AvgIpc) is 2.71. The highest BCUT2D eigenvalue weighted by Crippen LogP contribution is 2.26. The summed E-state index contributed by atoms with van der Waals surface area (Å²) in [7, 11) is 1.30. The first-order valence-electron chi connectivity index (χ1n) is 9.12. The Balaban J connectivity index is 1.64. The minimum Gasteiger partial charge on any atom is -0.465 e. The molecule has 2 aromatic rings. The SMILES string of the molecule is COC(=O)c1ccc(Cl)c(NC(=O)C2CCCN(Cc3ccc(F)cc3)C2)c1. The number of rotatable bonds is 5. The highest BCUT2D eigenvalue weighted by molar-refractivity contribution is 6.33. The van der Waals surface area contributed by atoms with Crippen LogP contribution in [0.15, 0.2) is 42.5 Å². The molecule has 0 spiro atoms. The van der Waals surface area contributed by atoms with Gasteiger partial charge in [0.25, 0.3) is 0 Å². The normalized spacial score (nSPS) is 17.2. The number of halogens is 2. The summed E-state index contributed by atoms with van der Waals surface area (Å²) in [4.78, 5) is 26.6. The smallest absolute Gasteiger partial charge is 0.337 e. The van der Waals surface area contributed by atoms with E-state index >= 15 is 0 Å². The number of hydrogen-bond acceptors (Lipinski definition) is 4. The molecule has 1 amide bonds. The fraction of sp³-hybridized carbons (Fsp3) is 0.333. The third-order valence-electron chi connectivity index (χ3n) is 4.84. The van der Waals surface area contributed by atoms with E-state index in [-0.39, 0.29) is 17.6 Å². The minimum absolute atomic E-state index is 0.132. The molecule has 1 fully saturated rings. The molecular formula is C21H22ClFN2O3. The number of piperidine rings is 1. The van der Waals surface area contributed by atoms with E-state index in [0.29, 0.717) is 29.4 Å².